The molecule has 0 aliphatic heterocycles. The van der Waals surface area contributed by atoms with Crippen molar-refractivity contribution in [2.75, 3.05) is 0 Å². The monoisotopic (exact) mass is 780 g/mol. The van der Waals surface area contributed by atoms with Crippen LogP contribution in [0.5, 0.6) is 0 Å². The highest BCUT2D eigenvalue weighted by atomic mass is 15.0. The molecule has 0 spiro atoms. The molecule has 1 aliphatic rings. The Labute approximate surface area is 356 Å². The first-order valence-corrected chi connectivity index (χ1v) is 20.8. The van der Waals surface area contributed by atoms with Gasteiger partial charge in [0.25, 0.3) is 0 Å². The zero-order valence-corrected chi connectivity index (χ0v) is 33.9. The molecule has 0 saturated heterocycles. The minimum Gasteiger partial charge on any atom is -0.264 e. The number of aromatic nitrogens is 4. The van der Waals surface area contributed by atoms with Gasteiger partial charge in [-0.3, -0.25) is 4.98 Å². The third-order valence-electron chi connectivity index (χ3n) is 12.2. The summed E-state index contributed by atoms with van der Waals surface area (Å²) in [6.07, 6.45) is 3.66. The van der Waals surface area contributed by atoms with Crippen molar-refractivity contribution in [3.05, 3.63) is 218 Å². The molecule has 2 heterocycles. The average molecular weight is 781 g/mol. The van der Waals surface area contributed by atoms with Gasteiger partial charge in [0.2, 0.25) is 0 Å². The van der Waals surface area contributed by atoms with Gasteiger partial charge in [-0.1, -0.05) is 178 Å². The van der Waals surface area contributed by atoms with Crippen molar-refractivity contribution in [2.45, 2.75) is 19.3 Å². The molecule has 4 nitrogen and oxygen atoms in total. The second kappa shape index (κ2) is 14.8. The molecule has 11 rings (SSSR count). The fraction of sp³-hybridized carbons (Fsp3) is 0.0526. The minimum absolute atomic E-state index is 0.111. The molecular formula is C57H40N4. The second-order valence-corrected chi connectivity index (χ2v) is 16.3. The molecule has 0 unspecified atom stereocenters. The molecule has 0 fully saturated rings. The molecule has 4 heteroatoms. The molecule has 61 heavy (non-hydrogen) atoms. The molecule has 1 aliphatic carbocycles. The van der Waals surface area contributed by atoms with Gasteiger partial charge in [-0.05, 0) is 108 Å². The van der Waals surface area contributed by atoms with Crippen molar-refractivity contribution < 1.29 is 0 Å². The molecule has 0 saturated carbocycles. The van der Waals surface area contributed by atoms with E-state index in [-0.39, 0.29) is 5.41 Å². The van der Waals surface area contributed by atoms with Gasteiger partial charge < -0.3 is 0 Å². The van der Waals surface area contributed by atoms with Gasteiger partial charge in [0.15, 0.2) is 17.5 Å². The van der Waals surface area contributed by atoms with Crippen molar-refractivity contribution in [3.63, 3.8) is 0 Å². The Hall–Kier alpha value is -7.82. The average Bonchev–Trinajstić information content (AvgIpc) is 3.57. The largest absolute Gasteiger partial charge is 0.264 e. The van der Waals surface area contributed by atoms with Gasteiger partial charge in [0.05, 0.1) is 0 Å². The van der Waals surface area contributed by atoms with E-state index in [2.05, 4.69) is 177 Å². The first-order chi connectivity index (χ1) is 30.0. The van der Waals surface area contributed by atoms with E-state index in [1.807, 2.05) is 42.6 Å². The number of rotatable bonds is 7. The van der Waals surface area contributed by atoms with Crippen molar-refractivity contribution in [1.29, 1.82) is 0 Å². The van der Waals surface area contributed by atoms with E-state index >= 15 is 0 Å². The van der Waals surface area contributed by atoms with E-state index in [0.29, 0.717) is 17.5 Å². The Morgan fingerprint density at radius 2 is 0.820 bits per heavy atom. The molecule has 8 aromatic carbocycles. The SMILES string of the molecule is CC1(C)c2cc(-c3cccc(-c4cccc(-c5cccc(-c6nc(-c7ccccc7)nc(-c7ccc(-c8cccnc8)cc7)n6)c5)c4)c3)ccc2-c2ccc3ccccc3c21. The van der Waals surface area contributed by atoms with Gasteiger partial charge in [-0.25, -0.2) is 15.0 Å². The number of benzene rings is 8. The lowest BCUT2D eigenvalue weighted by molar-refractivity contribution is 0.666. The molecule has 0 atom stereocenters. The van der Waals surface area contributed by atoms with Crippen molar-refractivity contribution >= 4 is 10.8 Å². The zero-order chi connectivity index (χ0) is 40.9. The van der Waals surface area contributed by atoms with Gasteiger partial charge in [0.1, 0.15) is 0 Å². The summed E-state index contributed by atoms with van der Waals surface area (Å²) in [6.45, 7) is 4.74. The van der Waals surface area contributed by atoms with Crippen LogP contribution in [0, 0.1) is 0 Å². The molecular weight excluding hydrogens is 741 g/mol. The Bertz CT molecular complexity index is 3260. The fourth-order valence-corrected chi connectivity index (χ4v) is 9.07. The first kappa shape index (κ1) is 36.3. The topological polar surface area (TPSA) is 51.6 Å². The summed E-state index contributed by atoms with van der Waals surface area (Å²) < 4.78 is 0. The Kier molecular flexibility index (Phi) is 8.79. The third kappa shape index (κ3) is 6.59. The molecule has 0 N–H and O–H groups in total. The van der Waals surface area contributed by atoms with E-state index in [1.54, 1.807) is 6.20 Å². The Morgan fingerprint density at radius 3 is 1.46 bits per heavy atom. The summed E-state index contributed by atoms with van der Waals surface area (Å²) in [7, 11) is 0. The van der Waals surface area contributed by atoms with E-state index in [9.17, 15) is 0 Å². The van der Waals surface area contributed by atoms with Crippen LogP contribution in [0.3, 0.4) is 0 Å². The van der Waals surface area contributed by atoms with Gasteiger partial charge in [0, 0.05) is 34.5 Å². The zero-order valence-electron chi connectivity index (χ0n) is 33.9. The highest BCUT2D eigenvalue weighted by molar-refractivity contribution is 5.98. The summed E-state index contributed by atoms with van der Waals surface area (Å²) >= 11 is 0. The number of nitrogens with zero attached hydrogens (tertiary/aromatic N) is 4. The van der Waals surface area contributed by atoms with Crippen LogP contribution in [0.1, 0.15) is 25.0 Å². The normalized spacial score (nSPS) is 12.6. The summed E-state index contributed by atoms with van der Waals surface area (Å²) in [4.78, 5) is 19.3. The molecule has 0 bridgehead atoms. The summed E-state index contributed by atoms with van der Waals surface area (Å²) in [5.41, 5.74) is 17.3. The quantitative estimate of drug-likeness (QED) is 0.162. The van der Waals surface area contributed by atoms with Crippen molar-refractivity contribution in [3.8, 4) is 89.8 Å². The standard InChI is InChI=1S/C57H40N4/c1-57(2)52-35-46(28-29-50(52)51-30-27-38-12-6-7-22-49(38)53(51)57)44-18-9-16-42(33-44)41-15-8-17-43(32-41)45-19-10-20-47(34-45)56-60-54(39-13-4-3-5-14-39)59-55(61-56)40-25-23-37(24-26-40)48-21-11-31-58-36-48/h3-36H,1-2H3. The van der Waals surface area contributed by atoms with Crippen molar-refractivity contribution in [1.82, 2.24) is 19.9 Å². The second-order valence-electron chi connectivity index (χ2n) is 16.3. The summed E-state index contributed by atoms with van der Waals surface area (Å²) in [6, 6.07) is 69.0. The minimum atomic E-state index is -0.111. The lowest BCUT2D eigenvalue weighted by Crippen LogP contribution is -2.15. The van der Waals surface area contributed by atoms with Crippen LogP contribution in [0.2, 0.25) is 0 Å². The number of hydrogen-bond donors (Lipinski definition) is 0. The van der Waals surface area contributed by atoms with Crippen LogP contribution < -0.4 is 0 Å². The van der Waals surface area contributed by atoms with Crippen LogP contribution in [-0.4, -0.2) is 19.9 Å². The maximum absolute atomic E-state index is 5.06. The van der Waals surface area contributed by atoms with Crippen LogP contribution in [-0.2, 0) is 5.41 Å². The molecule has 10 aromatic rings. The molecule has 288 valence electrons. The maximum atomic E-state index is 5.06. The lowest BCUT2D eigenvalue weighted by Gasteiger charge is -2.23. The van der Waals surface area contributed by atoms with E-state index < -0.39 is 0 Å². The molecule has 2 aromatic heterocycles. The highest BCUT2D eigenvalue weighted by Crippen LogP contribution is 2.52. The van der Waals surface area contributed by atoms with Crippen LogP contribution >= 0.6 is 0 Å². The fourth-order valence-electron chi connectivity index (χ4n) is 9.07. The molecule has 0 radical (unpaired) electrons. The number of pyridine rings is 1. The summed E-state index contributed by atoms with van der Waals surface area (Å²) in [5, 5.41) is 2.63. The maximum Gasteiger partial charge on any atom is 0.164 e. The third-order valence-corrected chi connectivity index (χ3v) is 12.2. The van der Waals surface area contributed by atoms with Gasteiger partial charge >= 0.3 is 0 Å². The van der Waals surface area contributed by atoms with E-state index in [1.165, 1.54) is 49.7 Å². The van der Waals surface area contributed by atoms with Crippen molar-refractivity contribution in [2.24, 2.45) is 0 Å². The predicted molar refractivity (Wildman–Crippen MR) is 251 cm³/mol. The van der Waals surface area contributed by atoms with Crippen LogP contribution in [0.25, 0.3) is 101 Å². The molecule has 0 amide bonds. The summed E-state index contributed by atoms with van der Waals surface area (Å²) in [5.74, 6) is 1.88. The smallest absolute Gasteiger partial charge is 0.164 e. The van der Waals surface area contributed by atoms with Crippen LogP contribution in [0.4, 0.5) is 0 Å². The van der Waals surface area contributed by atoms with Gasteiger partial charge in [-0.15, -0.1) is 0 Å². The lowest BCUT2D eigenvalue weighted by atomic mass is 9.79. The van der Waals surface area contributed by atoms with E-state index in [0.717, 1.165) is 44.5 Å². The van der Waals surface area contributed by atoms with Crippen LogP contribution in [0.15, 0.2) is 207 Å². The Morgan fingerprint density at radius 1 is 0.344 bits per heavy atom. The van der Waals surface area contributed by atoms with Gasteiger partial charge in [-0.2, -0.15) is 0 Å². The number of hydrogen-bond acceptors (Lipinski definition) is 4. The number of fused-ring (bicyclic) bond motifs is 5. The first-order valence-electron chi connectivity index (χ1n) is 20.8. The van der Waals surface area contributed by atoms with E-state index in [4.69, 9.17) is 15.0 Å². The Balaban J connectivity index is 0.919. The highest BCUT2D eigenvalue weighted by Gasteiger charge is 2.37. The predicted octanol–water partition coefficient (Wildman–Crippen LogP) is 14.4.